The number of hydrogen-bond donors (Lipinski definition) is 0. The van der Waals surface area contributed by atoms with E-state index in [4.69, 9.17) is 0 Å². The van der Waals surface area contributed by atoms with Crippen molar-refractivity contribution in [2.24, 2.45) is 0 Å². The molecule has 0 fully saturated rings. The first-order chi connectivity index (χ1) is 6.11. The monoisotopic (exact) mass is 260 g/mol. The van der Waals surface area contributed by atoms with Crippen molar-refractivity contribution in [2.75, 3.05) is 5.75 Å². The van der Waals surface area contributed by atoms with Crippen LogP contribution in [0.2, 0.25) is 0 Å². The van der Waals surface area contributed by atoms with Gasteiger partial charge in [-0.2, -0.15) is 0 Å². The predicted molar refractivity (Wildman–Crippen MR) is 57.9 cm³/mol. The lowest BCUT2D eigenvalue weighted by Crippen LogP contribution is -2.21. The predicted octanol–water partition coefficient (Wildman–Crippen LogP) is 4.13. The van der Waals surface area contributed by atoms with Gasteiger partial charge in [0.25, 0.3) is 0 Å². The van der Waals surface area contributed by atoms with Gasteiger partial charge in [0.05, 0.1) is 0 Å². The number of fused-ring (bicyclic) bond motifs is 1. The molecule has 0 saturated heterocycles. The van der Waals surface area contributed by atoms with E-state index in [0.717, 1.165) is 20.7 Å². The van der Waals surface area contributed by atoms with Gasteiger partial charge >= 0.3 is 0 Å². The van der Waals surface area contributed by atoms with Crippen LogP contribution < -0.4 is 0 Å². The van der Waals surface area contributed by atoms with Gasteiger partial charge in [-0.15, -0.1) is 11.8 Å². The van der Waals surface area contributed by atoms with E-state index in [0.29, 0.717) is 6.42 Å². The molecule has 0 nitrogen and oxygen atoms in total. The van der Waals surface area contributed by atoms with Crippen molar-refractivity contribution >= 4 is 27.7 Å². The minimum Gasteiger partial charge on any atom is -0.239 e. The molecule has 2 rings (SSSR count). The van der Waals surface area contributed by atoms with Crippen molar-refractivity contribution < 1.29 is 4.39 Å². The summed E-state index contributed by atoms with van der Waals surface area (Å²) in [5, 5.41) is 0. The highest BCUT2D eigenvalue weighted by Gasteiger charge is 2.32. The lowest BCUT2D eigenvalue weighted by atomic mass is 9.95. The third-order valence-corrected chi connectivity index (χ3v) is 4.41. The summed E-state index contributed by atoms with van der Waals surface area (Å²) in [4.78, 5) is 1.07. The molecule has 0 aliphatic carbocycles. The van der Waals surface area contributed by atoms with Gasteiger partial charge in [-0.05, 0) is 35.3 Å². The highest BCUT2D eigenvalue weighted by molar-refractivity contribution is 9.10. The van der Waals surface area contributed by atoms with Gasteiger partial charge in [0.2, 0.25) is 0 Å². The highest BCUT2D eigenvalue weighted by Crippen LogP contribution is 2.45. The molecule has 0 radical (unpaired) electrons. The third kappa shape index (κ3) is 1.64. The molecule has 13 heavy (non-hydrogen) atoms. The van der Waals surface area contributed by atoms with E-state index < -0.39 is 5.67 Å². The minimum absolute atomic E-state index is 0.612. The van der Waals surface area contributed by atoms with Crippen molar-refractivity contribution in [2.45, 2.75) is 23.9 Å². The van der Waals surface area contributed by atoms with E-state index in [1.165, 1.54) is 0 Å². The minimum atomic E-state index is -1.15. The van der Waals surface area contributed by atoms with Crippen LogP contribution in [0.5, 0.6) is 0 Å². The van der Waals surface area contributed by atoms with Crippen LogP contribution in [0.3, 0.4) is 0 Å². The molecule has 0 aromatic heterocycles. The first-order valence-electron chi connectivity index (χ1n) is 4.22. The van der Waals surface area contributed by atoms with Gasteiger partial charge < -0.3 is 0 Å². The van der Waals surface area contributed by atoms with E-state index in [1.807, 2.05) is 18.2 Å². The van der Waals surface area contributed by atoms with Gasteiger partial charge in [0, 0.05) is 20.7 Å². The Balaban J connectivity index is 2.58. The molecular formula is C10H10BrFS. The summed E-state index contributed by atoms with van der Waals surface area (Å²) in [7, 11) is 0. The fourth-order valence-electron chi connectivity index (χ4n) is 1.55. The second kappa shape index (κ2) is 3.28. The Morgan fingerprint density at radius 3 is 3.00 bits per heavy atom. The molecule has 1 aliphatic heterocycles. The van der Waals surface area contributed by atoms with Gasteiger partial charge in [-0.1, -0.05) is 12.1 Å². The summed E-state index contributed by atoms with van der Waals surface area (Å²) in [6.07, 6.45) is 0.612. The van der Waals surface area contributed by atoms with Crippen molar-refractivity contribution in [3.63, 3.8) is 0 Å². The number of rotatable bonds is 0. The summed E-state index contributed by atoms with van der Waals surface area (Å²) in [6, 6.07) is 5.74. The molecule has 1 aliphatic rings. The molecule has 70 valence electrons. The average molecular weight is 261 g/mol. The molecule has 3 heteroatoms. The number of halogens is 2. The Morgan fingerprint density at radius 2 is 2.31 bits per heavy atom. The standard InChI is InChI=1S/C10H10BrFS/c1-10(12)5-6-13-9-7(10)3-2-4-8(9)11/h2-4H,5-6H2,1H3. The Morgan fingerprint density at radius 1 is 1.54 bits per heavy atom. The second-order valence-electron chi connectivity index (χ2n) is 3.41. The first-order valence-corrected chi connectivity index (χ1v) is 6.00. The lowest BCUT2D eigenvalue weighted by Gasteiger charge is -2.28. The smallest absolute Gasteiger partial charge is 0.135 e. The van der Waals surface area contributed by atoms with E-state index >= 15 is 0 Å². The van der Waals surface area contributed by atoms with Crippen molar-refractivity contribution in [1.82, 2.24) is 0 Å². The number of thioether (sulfide) groups is 1. The zero-order valence-electron chi connectivity index (χ0n) is 7.31. The molecule has 1 aromatic carbocycles. The van der Waals surface area contributed by atoms with Gasteiger partial charge in [-0.25, -0.2) is 4.39 Å². The van der Waals surface area contributed by atoms with Gasteiger partial charge in [0.1, 0.15) is 5.67 Å². The van der Waals surface area contributed by atoms with Gasteiger partial charge in [-0.3, -0.25) is 0 Å². The quantitative estimate of drug-likeness (QED) is 0.676. The fraction of sp³-hybridized carbons (Fsp3) is 0.400. The Hall–Kier alpha value is -0.0200. The third-order valence-electron chi connectivity index (χ3n) is 2.35. The van der Waals surface area contributed by atoms with Crippen molar-refractivity contribution in [3.8, 4) is 0 Å². The molecule has 1 aromatic rings. The number of hydrogen-bond acceptors (Lipinski definition) is 1. The zero-order chi connectivity index (χ0) is 9.47. The van der Waals surface area contributed by atoms with Crippen LogP contribution in [0, 0.1) is 0 Å². The summed E-state index contributed by atoms with van der Waals surface area (Å²) < 4.78 is 15.0. The molecule has 0 N–H and O–H groups in total. The molecular weight excluding hydrogens is 251 g/mol. The molecule has 0 saturated carbocycles. The van der Waals surface area contributed by atoms with Crippen LogP contribution in [0.15, 0.2) is 27.6 Å². The number of benzene rings is 1. The van der Waals surface area contributed by atoms with E-state index in [-0.39, 0.29) is 0 Å². The van der Waals surface area contributed by atoms with E-state index in [1.54, 1.807) is 18.7 Å². The van der Waals surface area contributed by atoms with Crippen LogP contribution in [-0.4, -0.2) is 5.75 Å². The summed E-state index contributed by atoms with van der Waals surface area (Å²) >= 11 is 5.18. The topological polar surface area (TPSA) is 0 Å². The van der Waals surface area contributed by atoms with Crippen molar-refractivity contribution in [1.29, 1.82) is 0 Å². The Labute approximate surface area is 90.0 Å². The fourth-order valence-corrected chi connectivity index (χ4v) is 3.59. The maximum atomic E-state index is 14.0. The summed E-state index contributed by atoms with van der Waals surface area (Å²) in [6.45, 7) is 1.66. The van der Waals surface area contributed by atoms with Crippen LogP contribution in [-0.2, 0) is 5.67 Å². The average Bonchev–Trinajstić information content (AvgIpc) is 2.06. The van der Waals surface area contributed by atoms with Crippen molar-refractivity contribution in [3.05, 3.63) is 28.2 Å². The normalized spacial score (nSPS) is 27.0. The Kier molecular flexibility index (Phi) is 2.41. The molecule has 1 heterocycles. The lowest BCUT2D eigenvalue weighted by molar-refractivity contribution is 0.180. The maximum Gasteiger partial charge on any atom is 0.135 e. The first kappa shape index (κ1) is 9.53. The van der Waals surface area contributed by atoms with E-state index in [9.17, 15) is 4.39 Å². The molecule has 1 atom stereocenters. The zero-order valence-corrected chi connectivity index (χ0v) is 9.71. The maximum absolute atomic E-state index is 14.0. The summed E-state index contributed by atoms with van der Waals surface area (Å²) in [5.74, 6) is 0.864. The van der Waals surface area contributed by atoms with Gasteiger partial charge in [0.15, 0.2) is 0 Å². The molecule has 0 bridgehead atoms. The van der Waals surface area contributed by atoms with Crippen LogP contribution >= 0.6 is 27.7 Å². The molecule has 0 amide bonds. The molecule has 1 unspecified atom stereocenters. The molecule has 0 spiro atoms. The van der Waals surface area contributed by atoms with Crippen LogP contribution in [0.4, 0.5) is 4.39 Å². The van der Waals surface area contributed by atoms with E-state index in [2.05, 4.69) is 15.9 Å². The number of alkyl halides is 1. The Bertz CT molecular complexity index is 336. The SMILES string of the molecule is CC1(F)CCSc2c(Br)cccc21. The highest BCUT2D eigenvalue weighted by atomic mass is 79.9. The second-order valence-corrected chi connectivity index (χ2v) is 5.37. The van der Waals surface area contributed by atoms with Crippen LogP contribution in [0.25, 0.3) is 0 Å². The summed E-state index contributed by atoms with van der Waals surface area (Å²) in [5.41, 5.74) is -0.317. The van der Waals surface area contributed by atoms with Crippen LogP contribution in [0.1, 0.15) is 18.9 Å². The largest absolute Gasteiger partial charge is 0.239 e.